The van der Waals surface area contributed by atoms with Crippen LogP contribution in [0.4, 0.5) is 16.2 Å². The number of amides is 4. The van der Waals surface area contributed by atoms with Crippen LogP contribution in [-0.4, -0.2) is 27.3 Å². The molecule has 1 aliphatic rings. The van der Waals surface area contributed by atoms with Gasteiger partial charge in [-0.2, -0.15) is 0 Å². The van der Waals surface area contributed by atoms with E-state index < -0.39 is 22.8 Å². The molecule has 0 atom stereocenters. The van der Waals surface area contributed by atoms with Crippen LogP contribution in [0.3, 0.4) is 0 Å². The zero-order valence-corrected chi connectivity index (χ0v) is 16.3. The van der Waals surface area contributed by atoms with Crippen molar-refractivity contribution in [1.29, 1.82) is 0 Å². The molecule has 0 saturated carbocycles. The molecule has 1 fully saturated rings. The summed E-state index contributed by atoms with van der Waals surface area (Å²) in [5.74, 6) is -1.53. The van der Waals surface area contributed by atoms with Gasteiger partial charge in [0.05, 0.1) is 10.6 Å². The highest BCUT2D eigenvalue weighted by atomic mass is 16.6. The van der Waals surface area contributed by atoms with E-state index in [1.807, 2.05) is 0 Å². The van der Waals surface area contributed by atoms with Gasteiger partial charge in [0.1, 0.15) is 5.57 Å². The average Bonchev–Trinajstić information content (AvgIpc) is 3.20. The number of para-hydroxylation sites is 1. The smallest absolute Gasteiger partial charge is 0.317 e. The largest absolute Gasteiger partial charge is 0.335 e. The summed E-state index contributed by atoms with van der Waals surface area (Å²) in [5, 5.41) is 13.1. The highest BCUT2D eigenvalue weighted by Gasteiger charge is 2.37. The van der Waals surface area contributed by atoms with Crippen molar-refractivity contribution < 1.29 is 19.3 Å². The summed E-state index contributed by atoms with van der Waals surface area (Å²) in [4.78, 5) is 49.2. The molecule has 0 aliphatic carbocycles. The normalized spacial score (nSPS) is 15.3. The van der Waals surface area contributed by atoms with Crippen LogP contribution in [-0.2, 0) is 9.59 Å². The minimum Gasteiger partial charge on any atom is -0.317 e. The Bertz CT molecular complexity index is 1260. The summed E-state index contributed by atoms with van der Waals surface area (Å²) in [5.41, 5.74) is 1.93. The van der Waals surface area contributed by atoms with Gasteiger partial charge in [-0.15, -0.1) is 0 Å². The van der Waals surface area contributed by atoms with Crippen LogP contribution in [0.1, 0.15) is 11.3 Å². The number of aryl methyl sites for hydroxylation is 1. The van der Waals surface area contributed by atoms with E-state index in [4.69, 9.17) is 0 Å². The molecule has 0 bridgehead atoms. The van der Waals surface area contributed by atoms with Gasteiger partial charge in [-0.05, 0) is 48.9 Å². The summed E-state index contributed by atoms with van der Waals surface area (Å²) in [7, 11) is 0. The Balaban J connectivity index is 1.73. The number of nitrogens with zero attached hydrogens (tertiary/aromatic N) is 3. The predicted octanol–water partition coefficient (Wildman–Crippen LogP) is 3.36. The standard InChI is InChI=1S/C22H16N4O5/c1-14-5-2-3-7-19(14)25-21(28)18(20(27)23-22(25)29)13-17-6-4-12-24(17)15-8-10-16(11-9-15)26(30)31/h2-13H,1H3,(H,23,27,29)/b18-13-. The fourth-order valence-electron chi connectivity index (χ4n) is 3.32. The molecule has 9 heteroatoms. The topological polar surface area (TPSA) is 115 Å². The number of nitro groups is 1. The monoisotopic (exact) mass is 416 g/mol. The van der Waals surface area contributed by atoms with E-state index in [1.54, 1.807) is 66.2 Å². The van der Waals surface area contributed by atoms with Gasteiger partial charge in [0.25, 0.3) is 17.5 Å². The molecule has 2 heterocycles. The maximum absolute atomic E-state index is 13.1. The van der Waals surface area contributed by atoms with Gasteiger partial charge in [-0.1, -0.05) is 18.2 Å². The molecule has 4 rings (SSSR count). The van der Waals surface area contributed by atoms with Gasteiger partial charge < -0.3 is 4.57 Å². The number of carbonyl (C=O) groups excluding carboxylic acids is 3. The quantitative estimate of drug-likeness (QED) is 0.303. The molecule has 154 valence electrons. The van der Waals surface area contributed by atoms with Gasteiger partial charge in [0.15, 0.2) is 0 Å². The van der Waals surface area contributed by atoms with E-state index in [0.717, 1.165) is 4.90 Å². The predicted molar refractivity (Wildman–Crippen MR) is 113 cm³/mol. The van der Waals surface area contributed by atoms with Crippen molar-refractivity contribution in [2.75, 3.05) is 4.90 Å². The summed E-state index contributed by atoms with van der Waals surface area (Å²) >= 11 is 0. The molecular weight excluding hydrogens is 400 g/mol. The van der Waals surface area contributed by atoms with Crippen LogP contribution in [0.5, 0.6) is 0 Å². The first-order valence-corrected chi connectivity index (χ1v) is 9.26. The van der Waals surface area contributed by atoms with Gasteiger partial charge in [-0.3, -0.25) is 25.0 Å². The Morgan fingerprint density at radius 1 is 0.968 bits per heavy atom. The van der Waals surface area contributed by atoms with Crippen molar-refractivity contribution in [1.82, 2.24) is 9.88 Å². The minimum absolute atomic E-state index is 0.0509. The first-order chi connectivity index (χ1) is 14.9. The molecule has 4 amide bonds. The van der Waals surface area contributed by atoms with Crippen LogP contribution in [0.15, 0.2) is 72.4 Å². The van der Waals surface area contributed by atoms with Gasteiger partial charge in [0, 0.05) is 29.7 Å². The second-order valence-electron chi connectivity index (χ2n) is 6.82. The van der Waals surface area contributed by atoms with Crippen LogP contribution in [0, 0.1) is 17.0 Å². The van der Waals surface area contributed by atoms with E-state index in [0.29, 0.717) is 22.6 Å². The lowest BCUT2D eigenvalue weighted by molar-refractivity contribution is -0.384. The number of benzene rings is 2. The second kappa shape index (κ2) is 7.71. The number of hydrogen-bond acceptors (Lipinski definition) is 5. The fourth-order valence-corrected chi connectivity index (χ4v) is 3.32. The third kappa shape index (κ3) is 3.60. The van der Waals surface area contributed by atoms with E-state index in [2.05, 4.69) is 5.32 Å². The van der Waals surface area contributed by atoms with E-state index in [9.17, 15) is 24.5 Å². The summed E-state index contributed by atoms with van der Waals surface area (Å²) in [6.07, 6.45) is 3.08. The average molecular weight is 416 g/mol. The maximum Gasteiger partial charge on any atom is 0.335 e. The molecule has 1 aliphatic heterocycles. The minimum atomic E-state index is -0.813. The van der Waals surface area contributed by atoms with Gasteiger partial charge in [0.2, 0.25) is 0 Å². The first kappa shape index (κ1) is 19.8. The number of carbonyl (C=O) groups is 3. The number of rotatable bonds is 4. The lowest BCUT2D eigenvalue weighted by Gasteiger charge is -2.27. The van der Waals surface area contributed by atoms with Gasteiger partial charge >= 0.3 is 6.03 Å². The summed E-state index contributed by atoms with van der Waals surface area (Å²) in [6.45, 7) is 1.76. The lowest BCUT2D eigenvalue weighted by Crippen LogP contribution is -2.54. The molecule has 1 aromatic heterocycles. The Morgan fingerprint density at radius 2 is 1.68 bits per heavy atom. The number of barbiturate groups is 1. The third-order valence-electron chi connectivity index (χ3n) is 4.87. The number of non-ortho nitro benzene ring substituents is 1. The van der Waals surface area contributed by atoms with Crippen LogP contribution < -0.4 is 10.2 Å². The molecule has 0 spiro atoms. The van der Waals surface area contributed by atoms with Crippen molar-refractivity contribution in [3.05, 3.63) is 93.8 Å². The molecular formula is C22H16N4O5. The second-order valence-corrected chi connectivity index (χ2v) is 6.82. The zero-order chi connectivity index (χ0) is 22.1. The number of urea groups is 1. The molecule has 2 aromatic carbocycles. The Hall–Kier alpha value is -4.53. The van der Waals surface area contributed by atoms with E-state index >= 15 is 0 Å². The van der Waals surface area contributed by atoms with Crippen molar-refractivity contribution in [2.45, 2.75) is 6.92 Å². The van der Waals surface area contributed by atoms with Crippen molar-refractivity contribution in [3.8, 4) is 5.69 Å². The van der Waals surface area contributed by atoms with Crippen LogP contribution >= 0.6 is 0 Å². The summed E-state index contributed by atoms with van der Waals surface area (Å²) in [6, 6.07) is 15.3. The molecule has 31 heavy (non-hydrogen) atoms. The van der Waals surface area contributed by atoms with E-state index in [-0.39, 0.29) is 11.3 Å². The SMILES string of the molecule is Cc1ccccc1N1C(=O)NC(=O)/C(=C/c2cccn2-c2ccc([N+](=O)[O-])cc2)C1=O. The van der Waals surface area contributed by atoms with E-state index in [1.165, 1.54) is 18.2 Å². The molecule has 9 nitrogen and oxygen atoms in total. The number of nitro benzene ring substituents is 1. The Labute approximate surface area is 176 Å². The molecule has 1 saturated heterocycles. The number of aromatic nitrogens is 1. The maximum atomic E-state index is 13.1. The number of hydrogen-bond donors (Lipinski definition) is 1. The third-order valence-corrected chi connectivity index (χ3v) is 4.87. The van der Waals surface area contributed by atoms with Crippen molar-refractivity contribution >= 4 is 35.3 Å². The highest BCUT2D eigenvalue weighted by Crippen LogP contribution is 2.26. The molecule has 0 unspecified atom stereocenters. The van der Waals surface area contributed by atoms with Gasteiger partial charge in [-0.25, -0.2) is 9.69 Å². The Kier molecular flexibility index (Phi) is 4.92. The fraction of sp³-hybridized carbons (Fsp3) is 0.0455. The molecule has 0 radical (unpaired) electrons. The van der Waals surface area contributed by atoms with Crippen molar-refractivity contribution in [2.24, 2.45) is 0 Å². The zero-order valence-electron chi connectivity index (χ0n) is 16.3. The van der Waals surface area contributed by atoms with Crippen molar-refractivity contribution in [3.63, 3.8) is 0 Å². The number of anilines is 1. The number of nitrogens with one attached hydrogen (secondary N) is 1. The molecule has 3 aromatic rings. The highest BCUT2D eigenvalue weighted by molar-refractivity contribution is 6.39. The molecule has 1 N–H and O–H groups in total. The first-order valence-electron chi connectivity index (χ1n) is 9.26. The number of imide groups is 2. The Morgan fingerprint density at radius 3 is 2.35 bits per heavy atom. The summed E-state index contributed by atoms with van der Waals surface area (Å²) < 4.78 is 1.67. The lowest BCUT2D eigenvalue weighted by atomic mass is 10.1. The van der Waals surface area contributed by atoms with Crippen LogP contribution in [0.25, 0.3) is 11.8 Å². The van der Waals surface area contributed by atoms with Crippen LogP contribution in [0.2, 0.25) is 0 Å².